The smallest absolute Gasteiger partial charge is 0.203 e. The van der Waals surface area contributed by atoms with Gasteiger partial charge in [-0.3, -0.25) is 4.40 Å². The fourth-order valence-corrected chi connectivity index (χ4v) is 2.20. The molecular formula is C11H16N6. The Balaban J connectivity index is 1.89. The van der Waals surface area contributed by atoms with Crippen LogP contribution in [-0.2, 0) is 0 Å². The molecule has 2 N–H and O–H groups in total. The lowest BCUT2D eigenvalue weighted by Crippen LogP contribution is -2.35. The lowest BCUT2D eigenvalue weighted by Gasteiger charge is -2.24. The maximum atomic E-state index is 4.36. The van der Waals surface area contributed by atoms with E-state index >= 15 is 0 Å². The monoisotopic (exact) mass is 232 g/mol. The molecule has 0 spiro atoms. The third kappa shape index (κ3) is 1.95. The van der Waals surface area contributed by atoms with Gasteiger partial charge in [-0.1, -0.05) is 0 Å². The first-order valence-electron chi connectivity index (χ1n) is 5.98. The molecule has 0 unspecified atom stereocenters. The van der Waals surface area contributed by atoms with Gasteiger partial charge in [0.15, 0.2) is 5.82 Å². The minimum Gasteiger partial charge on any atom is -0.364 e. The van der Waals surface area contributed by atoms with Gasteiger partial charge in [-0.2, -0.15) is 0 Å². The molecule has 1 saturated heterocycles. The van der Waals surface area contributed by atoms with E-state index in [1.807, 2.05) is 17.5 Å². The van der Waals surface area contributed by atoms with Crippen LogP contribution in [0.3, 0.4) is 0 Å². The van der Waals surface area contributed by atoms with E-state index in [1.165, 1.54) is 0 Å². The van der Waals surface area contributed by atoms with Crippen LogP contribution in [0.5, 0.6) is 0 Å². The molecule has 0 amide bonds. The van der Waals surface area contributed by atoms with E-state index in [0.717, 1.165) is 43.2 Å². The van der Waals surface area contributed by atoms with Crippen LogP contribution in [0.25, 0.3) is 5.65 Å². The molecule has 2 aromatic heterocycles. The van der Waals surface area contributed by atoms with Gasteiger partial charge in [0.05, 0.1) is 0 Å². The van der Waals surface area contributed by atoms with Crippen LogP contribution in [0, 0.1) is 6.92 Å². The normalized spacial score (nSPS) is 17.5. The maximum absolute atomic E-state index is 4.36. The van der Waals surface area contributed by atoms with Gasteiger partial charge in [-0.05, 0) is 32.9 Å². The number of nitrogens with one attached hydrogen (secondary N) is 2. The molecule has 3 rings (SSSR count). The predicted molar refractivity (Wildman–Crippen MR) is 65.0 cm³/mol. The van der Waals surface area contributed by atoms with Gasteiger partial charge < -0.3 is 10.6 Å². The van der Waals surface area contributed by atoms with Crippen LogP contribution < -0.4 is 10.6 Å². The molecule has 0 saturated carbocycles. The van der Waals surface area contributed by atoms with Crippen molar-refractivity contribution in [2.45, 2.75) is 25.8 Å². The van der Waals surface area contributed by atoms with Crippen LogP contribution in [0.1, 0.15) is 18.7 Å². The molecule has 90 valence electrons. The molecule has 0 radical (unpaired) electrons. The van der Waals surface area contributed by atoms with E-state index < -0.39 is 0 Å². The van der Waals surface area contributed by atoms with Crippen molar-refractivity contribution in [2.75, 3.05) is 18.4 Å². The summed E-state index contributed by atoms with van der Waals surface area (Å²) in [7, 11) is 0. The highest BCUT2D eigenvalue weighted by Crippen LogP contribution is 2.15. The van der Waals surface area contributed by atoms with Crippen molar-refractivity contribution in [3.8, 4) is 0 Å². The van der Waals surface area contributed by atoms with Crippen molar-refractivity contribution in [1.82, 2.24) is 24.9 Å². The molecule has 17 heavy (non-hydrogen) atoms. The summed E-state index contributed by atoms with van der Waals surface area (Å²) in [5, 5.41) is 15.0. The van der Waals surface area contributed by atoms with Crippen molar-refractivity contribution in [2.24, 2.45) is 0 Å². The number of piperidine rings is 1. The molecule has 1 fully saturated rings. The minimum atomic E-state index is 0.479. The van der Waals surface area contributed by atoms with E-state index in [2.05, 4.69) is 25.8 Å². The fourth-order valence-electron chi connectivity index (χ4n) is 2.20. The Morgan fingerprint density at radius 3 is 3.00 bits per heavy atom. The highest BCUT2D eigenvalue weighted by Gasteiger charge is 2.15. The molecule has 0 bridgehead atoms. The number of rotatable bonds is 2. The lowest BCUT2D eigenvalue weighted by molar-refractivity contribution is 0.478. The Hall–Kier alpha value is -1.69. The van der Waals surface area contributed by atoms with Gasteiger partial charge in [0.25, 0.3) is 0 Å². The maximum Gasteiger partial charge on any atom is 0.203 e. The predicted octanol–water partition coefficient (Wildman–Crippen LogP) is 0.597. The zero-order chi connectivity index (χ0) is 11.7. The molecule has 1 aliphatic rings. The Kier molecular flexibility index (Phi) is 2.64. The highest BCUT2D eigenvalue weighted by molar-refractivity contribution is 5.62. The zero-order valence-corrected chi connectivity index (χ0v) is 9.85. The van der Waals surface area contributed by atoms with Crippen molar-refractivity contribution in [3.63, 3.8) is 0 Å². The number of anilines is 1. The third-order valence-corrected chi connectivity index (χ3v) is 3.18. The second-order valence-electron chi connectivity index (χ2n) is 4.39. The second-order valence-corrected chi connectivity index (χ2v) is 4.39. The quantitative estimate of drug-likeness (QED) is 0.793. The molecular weight excluding hydrogens is 216 g/mol. The van der Waals surface area contributed by atoms with Crippen molar-refractivity contribution >= 4 is 11.5 Å². The van der Waals surface area contributed by atoms with E-state index in [-0.39, 0.29) is 0 Å². The summed E-state index contributed by atoms with van der Waals surface area (Å²) in [5.41, 5.74) is 0.809. The van der Waals surface area contributed by atoms with Crippen LogP contribution in [0.4, 0.5) is 5.82 Å². The van der Waals surface area contributed by atoms with E-state index in [4.69, 9.17) is 0 Å². The molecule has 3 heterocycles. The number of aromatic nitrogens is 4. The minimum absolute atomic E-state index is 0.479. The Labute approximate surface area is 99.5 Å². The second kappa shape index (κ2) is 4.29. The summed E-state index contributed by atoms with van der Waals surface area (Å²) in [6.07, 6.45) is 5.91. The summed E-state index contributed by atoms with van der Waals surface area (Å²) in [5.74, 6) is 1.72. The van der Waals surface area contributed by atoms with Gasteiger partial charge in [0.1, 0.15) is 5.82 Å². The number of aryl methyl sites for hydroxylation is 1. The van der Waals surface area contributed by atoms with Crippen molar-refractivity contribution < 1.29 is 0 Å². The van der Waals surface area contributed by atoms with E-state index in [0.29, 0.717) is 6.04 Å². The molecule has 0 aromatic carbocycles. The number of hydrogen-bond acceptors (Lipinski definition) is 5. The topological polar surface area (TPSA) is 67.1 Å². The average molecular weight is 232 g/mol. The van der Waals surface area contributed by atoms with Crippen LogP contribution in [-0.4, -0.2) is 38.7 Å². The summed E-state index contributed by atoms with van der Waals surface area (Å²) < 4.78 is 1.95. The van der Waals surface area contributed by atoms with Crippen molar-refractivity contribution in [3.05, 3.63) is 18.2 Å². The lowest BCUT2D eigenvalue weighted by atomic mass is 10.1. The first-order valence-corrected chi connectivity index (χ1v) is 5.98. The molecule has 0 atom stereocenters. The molecule has 1 aliphatic heterocycles. The average Bonchev–Trinajstić information content (AvgIpc) is 2.74. The summed E-state index contributed by atoms with van der Waals surface area (Å²) in [4.78, 5) is 4.36. The van der Waals surface area contributed by atoms with Crippen molar-refractivity contribution in [1.29, 1.82) is 0 Å². The van der Waals surface area contributed by atoms with Crippen LogP contribution >= 0.6 is 0 Å². The summed E-state index contributed by atoms with van der Waals surface area (Å²) in [6.45, 7) is 4.06. The summed E-state index contributed by atoms with van der Waals surface area (Å²) >= 11 is 0. The standard InChI is InChI=1S/C11H16N6/c1-8-15-16-11-10(13-6-7-17(8)11)14-9-2-4-12-5-3-9/h6-7,9,12H,2-5H2,1H3,(H,13,14). The van der Waals surface area contributed by atoms with Crippen LogP contribution in [0.2, 0.25) is 0 Å². The largest absolute Gasteiger partial charge is 0.364 e. The number of hydrogen-bond donors (Lipinski definition) is 2. The third-order valence-electron chi connectivity index (χ3n) is 3.18. The zero-order valence-electron chi connectivity index (χ0n) is 9.85. The van der Waals surface area contributed by atoms with Gasteiger partial charge in [0, 0.05) is 18.4 Å². The molecule has 6 nitrogen and oxygen atoms in total. The summed E-state index contributed by atoms with van der Waals surface area (Å²) in [6, 6.07) is 0.479. The van der Waals surface area contributed by atoms with Crippen LogP contribution in [0.15, 0.2) is 12.4 Å². The fraction of sp³-hybridized carbons (Fsp3) is 0.545. The number of fused-ring (bicyclic) bond motifs is 1. The Morgan fingerprint density at radius 2 is 2.18 bits per heavy atom. The molecule has 0 aliphatic carbocycles. The van der Waals surface area contributed by atoms with E-state index in [9.17, 15) is 0 Å². The van der Waals surface area contributed by atoms with Gasteiger partial charge in [-0.15, -0.1) is 10.2 Å². The first kappa shape index (κ1) is 10.5. The molecule has 2 aromatic rings. The van der Waals surface area contributed by atoms with Gasteiger partial charge >= 0.3 is 0 Å². The Morgan fingerprint density at radius 1 is 1.35 bits per heavy atom. The number of nitrogens with zero attached hydrogens (tertiary/aromatic N) is 4. The molecule has 6 heteroatoms. The first-order chi connectivity index (χ1) is 8.34. The Bertz CT molecular complexity index is 514. The van der Waals surface area contributed by atoms with Gasteiger partial charge in [0.2, 0.25) is 5.65 Å². The van der Waals surface area contributed by atoms with E-state index in [1.54, 1.807) is 6.20 Å². The highest BCUT2D eigenvalue weighted by atomic mass is 15.3. The SMILES string of the molecule is Cc1nnc2c(NC3CCNCC3)nccn12. The van der Waals surface area contributed by atoms with Gasteiger partial charge in [-0.25, -0.2) is 4.98 Å².